The average Bonchev–Trinajstić information content (AvgIpc) is 3.71. The van der Waals surface area contributed by atoms with Crippen molar-refractivity contribution in [1.82, 2.24) is 9.55 Å². The van der Waals surface area contributed by atoms with Gasteiger partial charge >= 0.3 is 0 Å². The molecule has 8 aromatic rings. The van der Waals surface area contributed by atoms with Gasteiger partial charge in [0.2, 0.25) is 0 Å². The Labute approximate surface area is 313 Å². The second kappa shape index (κ2) is 13.2. The molecule has 54 heavy (non-hydrogen) atoms. The van der Waals surface area contributed by atoms with Crippen LogP contribution in [0.2, 0.25) is 0 Å². The second-order valence-electron chi connectivity index (χ2n) is 14.8. The molecular weight excluding hydrogens is 675 g/mol. The van der Waals surface area contributed by atoms with Gasteiger partial charge in [0, 0.05) is 34.8 Å². The average molecular weight is 713 g/mol. The molecule has 3 heterocycles. The molecule has 2 aromatic heterocycles. The van der Waals surface area contributed by atoms with Gasteiger partial charge in [-0.15, -0.1) is 0 Å². The van der Waals surface area contributed by atoms with Gasteiger partial charge in [-0.3, -0.25) is 4.57 Å². The first-order valence-corrected chi connectivity index (χ1v) is 18.2. The minimum absolute atomic E-state index is 0.0687. The molecule has 266 valence electrons. The number of hydrogen-bond acceptors (Lipinski definition) is 4. The van der Waals surface area contributed by atoms with Gasteiger partial charge in [-0.05, 0) is 95.3 Å². The summed E-state index contributed by atoms with van der Waals surface area (Å²) >= 11 is 0. The molecule has 0 saturated carbocycles. The van der Waals surface area contributed by atoms with Crippen LogP contribution in [0.1, 0.15) is 37.5 Å². The summed E-state index contributed by atoms with van der Waals surface area (Å²) in [6, 6.07) is 47.2. The van der Waals surface area contributed by atoms with E-state index in [9.17, 15) is 0 Å². The summed E-state index contributed by atoms with van der Waals surface area (Å²) in [5.74, 6) is 0.943. The molecule has 0 N–H and O–H groups in total. The van der Waals surface area contributed by atoms with Crippen molar-refractivity contribution in [2.24, 2.45) is 0 Å². The first-order valence-electron chi connectivity index (χ1n) is 18.2. The first-order chi connectivity index (χ1) is 26.2. The molecule has 0 unspecified atom stereocenters. The first kappa shape index (κ1) is 33.4. The van der Waals surface area contributed by atoms with Crippen molar-refractivity contribution in [1.29, 1.82) is 0 Å². The van der Waals surface area contributed by atoms with E-state index in [4.69, 9.17) is 4.74 Å². The Morgan fingerprint density at radius 1 is 0.611 bits per heavy atom. The normalized spacial score (nSPS) is 12.8. The minimum Gasteiger partial charge on any atom is -0.457 e. The fraction of sp³-hybridized carbons (Fsp3) is 0.128. The van der Waals surface area contributed by atoms with Crippen LogP contribution >= 0.6 is 0 Å². The van der Waals surface area contributed by atoms with Gasteiger partial charge in [0.1, 0.15) is 41.3 Å². The van der Waals surface area contributed by atoms with Gasteiger partial charge in [-0.25, -0.2) is 13.8 Å². The van der Waals surface area contributed by atoms with Gasteiger partial charge in [-0.1, -0.05) is 87.5 Å². The van der Waals surface area contributed by atoms with Crippen LogP contribution in [0.4, 0.5) is 31.5 Å². The quantitative estimate of drug-likeness (QED) is 0.165. The van der Waals surface area contributed by atoms with Crippen LogP contribution in [-0.2, 0) is 11.8 Å². The predicted octanol–water partition coefficient (Wildman–Crippen LogP) is 12.4. The number of para-hydroxylation sites is 2. The molecule has 0 spiro atoms. The number of pyridine rings is 1. The summed E-state index contributed by atoms with van der Waals surface area (Å²) in [6.07, 6.45) is 2.48. The second-order valence-corrected chi connectivity index (χ2v) is 14.8. The SMILES string of the molecule is CC(C)(C)c1ccc2c(c1)N(c1c(F)cccc1F)CN2c1cc(Cc2ccccc2)cc(Oc2ccc3c4ccccc4n(-c4ccccn4)c3c2)c1. The highest BCUT2D eigenvalue weighted by molar-refractivity contribution is 6.09. The summed E-state index contributed by atoms with van der Waals surface area (Å²) < 4.78 is 39.9. The van der Waals surface area contributed by atoms with Crippen molar-refractivity contribution in [3.8, 4) is 17.3 Å². The lowest BCUT2D eigenvalue weighted by Crippen LogP contribution is -2.25. The monoisotopic (exact) mass is 712 g/mol. The number of fused-ring (bicyclic) bond motifs is 4. The highest BCUT2D eigenvalue weighted by Gasteiger charge is 2.33. The molecule has 0 radical (unpaired) electrons. The summed E-state index contributed by atoms with van der Waals surface area (Å²) in [7, 11) is 0. The van der Waals surface area contributed by atoms with E-state index in [2.05, 4.69) is 108 Å². The molecule has 1 aliphatic heterocycles. The summed E-state index contributed by atoms with van der Waals surface area (Å²) in [5.41, 5.74) is 7.55. The molecular formula is C47H38F2N4O. The van der Waals surface area contributed by atoms with Crippen molar-refractivity contribution < 1.29 is 13.5 Å². The number of nitrogens with zero attached hydrogens (tertiary/aromatic N) is 4. The third kappa shape index (κ3) is 6.01. The van der Waals surface area contributed by atoms with Crippen molar-refractivity contribution in [3.63, 3.8) is 0 Å². The van der Waals surface area contributed by atoms with E-state index in [0.717, 1.165) is 61.4 Å². The maximum atomic E-state index is 15.5. The van der Waals surface area contributed by atoms with E-state index >= 15 is 8.78 Å². The molecule has 0 saturated heterocycles. The van der Waals surface area contributed by atoms with Crippen LogP contribution in [0, 0.1) is 11.6 Å². The fourth-order valence-electron chi connectivity index (χ4n) is 7.56. The van der Waals surface area contributed by atoms with Crippen LogP contribution < -0.4 is 14.5 Å². The molecule has 5 nitrogen and oxygen atoms in total. The minimum atomic E-state index is -0.607. The van der Waals surface area contributed by atoms with Gasteiger partial charge in [-0.2, -0.15) is 0 Å². The summed E-state index contributed by atoms with van der Waals surface area (Å²) in [4.78, 5) is 8.53. The molecule has 6 aromatic carbocycles. The number of benzene rings is 6. The number of rotatable bonds is 7. The standard InChI is InChI=1S/C47H38F2N4O/c1-47(2,3)33-19-22-42-44(27-33)52(46-39(48)15-11-16-40(46)49)30-51(42)34-25-32(24-31-12-5-4-6-13-31)26-36(28-34)54-35-20-21-38-37-14-7-8-17-41(37)53(43(38)29-35)45-18-9-10-23-50-45/h4-23,25-29H,24,30H2,1-3H3. The summed E-state index contributed by atoms with van der Waals surface area (Å²) in [6.45, 7) is 6.63. The van der Waals surface area contributed by atoms with Crippen LogP contribution in [0.5, 0.6) is 11.5 Å². The Balaban J connectivity index is 1.17. The van der Waals surface area contributed by atoms with Gasteiger partial charge in [0.15, 0.2) is 0 Å². The molecule has 0 bridgehead atoms. The maximum Gasteiger partial charge on any atom is 0.149 e. The highest BCUT2D eigenvalue weighted by Crippen LogP contribution is 2.48. The number of ether oxygens (including phenoxy) is 1. The topological polar surface area (TPSA) is 33.5 Å². The van der Waals surface area contributed by atoms with Crippen molar-refractivity contribution in [2.75, 3.05) is 16.5 Å². The van der Waals surface area contributed by atoms with E-state index in [0.29, 0.717) is 17.9 Å². The zero-order chi connectivity index (χ0) is 37.0. The number of aromatic nitrogens is 2. The number of halogens is 2. The van der Waals surface area contributed by atoms with Gasteiger partial charge in [0.05, 0.1) is 22.4 Å². The highest BCUT2D eigenvalue weighted by atomic mass is 19.1. The van der Waals surface area contributed by atoms with Gasteiger partial charge in [0.25, 0.3) is 0 Å². The van der Waals surface area contributed by atoms with Gasteiger partial charge < -0.3 is 14.5 Å². The van der Waals surface area contributed by atoms with E-state index in [-0.39, 0.29) is 17.8 Å². The van der Waals surface area contributed by atoms with E-state index in [1.807, 2.05) is 54.6 Å². The van der Waals surface area contributed by atoms with Crippen molar-refractivity contribution in [2.45, 2.75) is 32.6 Å². The van der Waals surface area contributed by atoms with E-state index < -0.39 is 11.6 Å². The zero-order valence-electron chi connectivity index (χ0n) is 30.3. The molecule has 0 amide bonds. The largest absolute Gasteiger partial charge is 0.457 e. The molecule has 9 rings (SSSR count). The van der Waals surface area contributed by atoms with Crippen molar-refractivity contribution in [3.05, 3.63) is 180 Å². The Bertz CT molecular complexity index is 2650. The Hall–Kier alpha value is -6.47. The third-order valence-corrected chi connectivity index (χ3v) is 10.2. The molecule has 0 aliphatic carbocycles. The molecule has 1 aliphatic rings. The van der Waals surface area contributed by atoms with Crippen molar-refractivity contribution >= 4 is 44.6 Å². The lowest BCUT2D eigenvalue weighted by Gasteiger charge is -2.24. The van der Waals surface area contributed by atoms with Crippen LogP contribution in [0.15, 0.2) is 152 Å². The van der Waals surface area contributed by atoms with Crippen LogP contribution in [0.3, 0.4) is 0 Å². The third-order valence-electron chi connectivity index (χ3n) is 10.2. The van der Waals surface area contributed by atoms with E-state index in [1.165, 1.54) is 18.2 Å². The maximum absolute atomic E-state index is 15.5. The molecule has 0 fully saturated rings. The Kier molecular flexibility index (Phi) is 8.15. The smallest absolute Gasteiger partial charge is 0.149 e. The Morgan fingerprint density at radius 2 is 1.37 bits per heavy atom. The van der Waals surface area contributed by atoms with E-state index in [1.54, 1.807) is 11.1 Å². The zero-order valence-corrected chi connectivity index (χ0v) is 30.3. The Morgan fingerprint density at radius 3 is 2.15 bits per heavy atom. The lowest BCUT2D eigenvalue weighted by molar-refractivity contribution is 0.483. The molecule has 0 atom stereocenters. The van der Waals surface area contributed by atoms with Crippen LogP contribution in [-0.4, -0.2) is 16.2 Å². The number of hydrogen-bond donors (Lipinski definition) is 0. The molecule has 7 heteroatoms. The predicted molar refractivity (Wildman–Crippen MR) is 215 cm³/mol. The fourth-order valence-corrected chi connectivity index (χ4v) is 7.56. The summed E-state index contributed by atoms with van der Waals surface area (Å²) in [5, 5.41) is 2.24. The lowest BCUT2D eigenvalue weighted by atomic mass is 9.86. The van der Waals surface area contributed by atoms with Crippen LogP contribution in [0.25, 0.3) is 27.6 Å². The number of anilines is 4.